The fourth-order valence-corrected chi connectivity index (χ4v) is 2.87. The lowest BCUT2D eigenvalue weighted by molar-refractivity contribution is 0.0918. The van der Waals surface area contributed by atoms with E-state index >= 15 is 0 Å². The largest absolute Gasteiger partial charge is 0.416 e. The molecule has 1 aromatic heterocycles. The molecule has 0 saturated carbocycles. The third-order valence-electron chi connectivity index (χ3n) is 4.20. The monoisotopic (exact) mass is 351 g/mol. The van der Waals surface area contributed by atoms with Crippen LogP contribution in [0.2, 0.25) is 0 Å². The van der Waals surface area contributed by atoms with Crippen LogP contribution in [-0.2, 0) is 4.74 Å². The molecule has 0 aliphatic heterocycles. The summed E-state index contributed by atoms with van der Waals surface area (Å²) in [5, 5.41) is 3.96. The number of rotatable bonds is 6. The highest BCUT2D eigenvalue weighted by Gasteiger charge is 2.20. The number of hydrogen-bond donors (Lipinski definition) is 1. The van der Waals surface area contributed by atoms with Gasteiger partial charge < -0.3 is 14.5 Å². The van der Waals surface area contributed by atoms with Crippen LogP contribution < -0.4 is 10.9 Å². The van der Waals surface area contributed by atoms with E-state index in [-0.39, 0.29) is 5.76 Å². The molecule has 0 atom stereocenters. The van der Waals surface area contributed by atoms with Crippen LogP contribution in [0.4, 0.5) is 0 Å². The summed E-state index contributed by atoms with van der Waals surface area (Å²) in [6, 6.07) is 15.0. The van der Waals surface area contributed by atoms with Crippen molar-refractivity contribution in [1.82, 2.24) is 5.32 Å². The van der Waals surface area contributed by atoms with E-state index in [1.807, 2.05) is 43.3 Å². The number of carbonyl (C=O) groups excluding carboxylic acids is 1. The maximum absolute atomic E-state index is 12.7. The molecule has 0 unspecified atom stereocenters. The van der Waals surface area contributed by atoms with E-state index in [4.69, 9.17) is 9.15 Å². The number of hydrogen-bond acceptors (Lipinski definition) is 4. The Labute approximate surface area is 151 Å². The fraction of sp³-hybridized carbons (Fsp3) is 0.238. The molecule has 3 aromatic rings. The molecule has 0 saturated heterocycles. The number of nitrogens with one attached hydrogen (secondary N) is 1. The zero-order valence-corrected chi connectivity index (χ0v) is 14.9. The van der Waals surface area contributed by atoms with Gasteiger partial charge in [-0.3, -0.25) is 4.79 Å². The minimum Gasteiger partial charge on any atom is -0.416 e. The van der Waals surface area contributed by atoms with Crippen molar-refractivity contribution < 1.29 is 13.9 Å². The molecule has 1 heterocycles. The van der Waals surface area contributed by atoms with Crippen LogP contribution >= 0.6 is 0 Å². The van der Waals surface area contributed by atoms with E-state index in [1.54, 1.807) is 19.2 Å². The summed E-state index contributed by atoms with van der Waals surface area (Å²) in [5.41, 5.74) is 2.06. The highest BCUT2D eigenvalue weighted by atomic mass is 16.5. The van der Waals surface area contributed by atoms with Crippen LogP contribution in [0.1, 0.15) is 22.5 Å². The van der Waals surface area contributed by atoms with Crippen molar-refractivity contribution in [3.05, 3.63) is 70.3 Å². The summed E-state index contributed by atoms with van der Waals surface area (Å²) in [5.74, 6) is -0.366. The van der Waals surface area contributed by atoms with E-state index in [2.05, 4.69) is 5.32 Å². The third kappa shape index (κ3) is 3.68. The van der Waals surface area contributed by atoms with Gasteiger partial charge in [0.2, 0.25) is 5.76 Å². The van der Waals surface area contributed by atoms with Gasteiger partial charge in [0.1, 0.15) is 0 Å². The van der Waals surface area contributed by atoms with E-state index in [1.165, 1.54) is 0 Å². The number of ether oxygens (including phenoxy) is 1. The highest BCUT2D eigenvalue weighted by Crippen LogP contribution is 2.30. The van der Waals surface area contributed by atoms with Crippen molar-refractivity contribution in [2.75, 3.05) is 20.3 Å². The molecule has 0 radical (unpaired) electrons. The predicted molar refractivity (Wildman–Crippen MR) is 101 cm³/mol. The van der Waals surface area contributed by atoms with Crippen molar-refractivity contribution in [3.63, 3.8) is 0 Å². The molecule has 26 heavy (non-hydrogen) atoms. The van der Waals surface area contributed by atoms with E-state index < -0.39 is 11.5 Å². The Bertz CT molecular complexity index is 973. The number of benzene rings is 2. The van der Waals surface area contributed by atoms with Crippen LogP contribution in [0.25, 0.3) is 21.9 Å². The van der Waals surface area contributed by atoms with Crippen LogP contribution in [0.5, 0.6) is 0 Å². The Morgan fingerprint density at radius 2 is 1.77 bits per heavy atom. The maximum Gasteiger partial charge on any atom is 0.344 e. The van der Waals surface area contributed by atoms with Gasteiger partial charge in [-0.1, -0.05) is 48.0 Å². The van der Waals surface area contributed by atoms with Gasteiger partial charge in [0.15, 0.2) is 0 Å². The predicted octanol–water partition coefficient (Wildman–Crippen LogP) is 3.53. The van der Waals surface area contributed by atoms with Crippen LogP contribution in [0, 0.1) is 6.92 Å². The second-order valence-corrected chi connectivity index (χ2v) is 6.11. The Hall–Kier alpha value is -2.92. The number of methoxy groups -OCH3 is 1. The maximum atomic E-state index is 12.7. The summed E-state index contributed by atoms with van der Waals surface area (Å²) in [4.78, 5) is 25.0. The summed E-state index contributed by atoms with van der Waals surface area (Å²) < 4.78 is 10.4. The Morgan fingerprint density at radius 3 is 2.46 bits per heavy atom. The van der Waals surface area contributed by atoms with E-state index in [0.29, 0.717) is 35.9 Å². The lowest BCUT2D eigenvalue weighted by Gasteiger charge is -2.12. The van der Waals surface area contributed by atoms with Gasteiger partial charge in [-0.2, -0.15) is 0 Å². The zero-order chi connectivity index (χ0) is 18.5. The number of fused-ring (bicyclic) bond motifs is 1. The fourth-order valence-electron chi connectivity index (χ4n) is 2.87. The first kappa shape index (κ1) is 17.9. The second-order valence-electron chi connectivity index (χ2n) is 6.11. The third-order valence-corrected chi connectivity index (χ3v) is 4.20. The SMILES string of the molecule is COCCCNC(=O)c1oc(=O)c2ccccc2c1-c1ccc(C)cc1. The molecular weight excluding hydrogens is 330 g/mol. The van der Waals surface area contributed by atoms with Crippen molar-refractivity contribution in [1.29, 1.82) is 0 Å². The summed E-state index contributed by atoms with van der Waals surface area (Å²) in [7, 11) is 1.61. The van der Waals surface area contributed by atoms with Gasteiger partial charge in [-0.15, -0.1) is 0 Å². The molecule has 3 rings (SSSR count). The smallest absolute Gasteiger partial charge is 0.344 e. The molecule has 0 aliphatic rings. The van der Waals surface area contributed by atoms with Crippen molar-refractivity contribution >= 4 is 16.7 Å². The van der Waals surface area contributed by atoms with Crippen molar-refractivity contribution in [2.24, 2.45) is 0 Å². The van der Waals surface area contributed by atoms with Crippen molar-refractivity contribution in [2.45, 2.75) is 13.3 Å². The van der Waals surface area contributed by atoms with Crippen LogP contribution in [0.3, 0.4) is 0 Å². The molecule has 1 N–H and O–H groups in total. The molecule has 134 valence electrons. The minimum absolute atomic E-state index is 0.0370. The normalized spacial score (nSPS) is 10.8. The van der Waals surface area contributed by atoms with Gasteiger partial charge in [0, 0.05) is 31.2 Å². The first-order valence-electron chi connectivity index (χ1n) is 8.52. The standard InChI is InChI=1S/C21H21NO4/c1-14-8-10-15(11-9-14)18-16-6-3-4-7-17(16)21(24)26-19(18)20(23)22-12-5-13-25-2/h3-4,6-11H,5,12-13H2,1-2H3,(H,22,23). The molecular formula is C21H21NO4. The quantitative estimate of drug-likeness (QED) is 0.690. The van der Waals surface area contributed by atoms with Crippen LogP contribution in [-0.4, -0.2) is 26.2 Å². The average Bonchev–Trinajstić information content (AvgIpc) is 2.66. The Morgan fingerprint density at radius 1 is 1.08 bits per heavy atom. The topological polar surface area (TPSA) is 68.5 Å². The van der Waals surface area contributed by atoms with E-state index in [9.17, 15) is 9.59 Å². The molecule has 0 spiro atoms. The zero-order valence-electron chi connectivity index (χ0n) is 14.9. The second kappa shape index (κ2) is 7.97. The molecule has 2 aromatic carbocycles. The number of carbonyl (C=O) groups is 1. The lowest BCUT2D eigenvalue weighted by Crippen LogP contribution is -2.27. The number of aryl methyl sites for hydroxylation is 1. The Kier molecular flexibility index (Phi) is 5.49. The molecule has 1 amide bonds. The highest BCUT2D eigenvalue weighted by molar-refractivity contribution is 6.07. The lowest BCUT2D eigenvalue weighted by atomic mass is 9.97. The van der Waals surface area contributed by atoms with Gasteiger partial charge in [0.25, 0.3) is 5.91 Å². The molecule has 0 fully saturated rings. The van der Waals surface area contributed by atoms with Crippen molar-refractivity contribution in [3.8, 4) is 11.1 Å². The Balaban J connectivity index is 2.12. The summed E-state index contributed by atoms with van der Waals surface area (Å²) in [6.07, 6.45) is 0.680. The van der Waals surface area contributed by atoms with Crippen LogP contribution in [0.15, 0.2) is 57.7 Å². The molecule has 5 heteroatoms. The average molecular weight is 351 g/mol. The van der Waals surface area contributed by atoms with Gasteiger partial charge in [0.05, 0.1) is 5.39 Å². The molecule has 5 nitrogen and oxygen atoms in total. The minimum atomic E-state index is -0.515. The molecule has 0 aliphatic carbocycles. The van der Waals surface area contributed by atoms with Gasteiger partial charge in [-0.05, 0) is 25.0 Å². The van der Waals surface area contributed by atoms with E-state index in [0.717, 1.165) is 11.1 Å². The number of amides is 1. The van der Waals surface area contributed by atoms with Gasteiger partial charge >= 0.3 is 5.63 Å². The first-order chi connectivity index (χ1) is 12.6. The summed E-state index contributed by atoms with van der Waals surface area (Å²) >= 11 is 0. The summed E-state index contributed by atoms with van der Waals surface area (Å²) in [6.45, 7) is 2.99. The first-order valence-corrected chi connectivity index (χ1v) is 8.52. The molecule has 0 bridgehead atoms. The van der Waals surface area contributed by atoms with Gasteiger partial charge in [-0.25, -0.2) is 4.79 Å².